The minimum absolute atomic E-state index is 0.517. The Kier molecular flexibility index (Phi) is 5.56. The van der Waals surface area contributed by atoms with Gasteiger partial charge in [0.25, 0.3) is 0 Å². The van der Waals surface area contributed by atoms with Crippen LogP contribution in [0.4, 0.5) is 0 Å². The molecule has 0 radical (unpaired) electrons. The lowest BCUT2D eigenvalue weighted by molar-refractivity contribution is 0.769. The van der Waals surface area contributed by atoms with Gasteiger partial charge >= 0.3 is 0 Å². The molecule has 1 aliphatic carbocycles. The molecule has 7 aromatic carbocycles. The summed E-state index contributed by atoms with van der Waals surface area (Å²) in [5.74, 6) is 0.782. The molecule has 0 bridgehead atoms. The molecule has 50 heavy (non-hydrogen) atoms. The standard InChI is InChI=1S/C46H28N4/c1-4-15-29(16-5-1)42-43(48-37-25-12-11-24-36(37)47-42)45-49-38-28-27-35-41-40-33(32-21-10-13-26-39(32)50(45)44(38)41)22-14-23-34(40)46(35,30-17-6-2-7-18-30)31-19-8-3-9-20-31/h1-28H. The first-order valence-corrected chi connectivity index (χ1v) is 17.1. The van der Waals surface area contributed by atoms with E-state index in [1.807, 2.05) is 30.3 Å². The van der Waals surface area contributed by atoms with Crippen LogP contribution in [0, 0.1) is 0 Å². The Bertz CT molecular complexity index is 2760. The van der Waals surface area contributed by atoms with Gasteiger partial charge in [0, 0.05) is 16.7 Å². The Morgan fingerprint density at radius 2 is 0.980 bits per heavy atom. The van der Waals surface area contributed by atoms with E-state index >= 15 is 0 Å². The molecular formula is C46H28N4. The van der Waals surface area contributed by atoms with Crippen LogP contribution in [-0.2, 0) is 5.41 Å². The quantitative estimate of drug-likeness (QED) is 0.193. The lowest BCUT2D eigenvalue weighted by Gasteiger charge is -2.34. The first kappa shape index (κ1) is 27.3. The molecule has 0 fully saturated rings. The van der Waals surface area contributed by atoms with Gasteiger partial charge in [0.15, 0.2) is 5.82 Å². The topological polar surface area (TPSA) is 43.6 Å². The Morgan fingerprint density at radius 1 is 0.400 bits per heavy atom. The van der Waals surface area contributed by atoms with Crippen LogP contribution >= 0.6 is 0 Å². The largest absolute Gasteiger partial charge is 0.290 e. The van der Waals surface area contributed by atoms with E-state index in [0.29, 0.717) is 0 Å². The zero-order valence-electron chi connectivity index (χ0n) is 27.0. The second-order valence-corrected chi connectivity index (χ2v) is 13.1. The highest BCUT2D eigenvalue weighted by atomic mass is 15.1. The fraction of sp³-hybridized carbons (Fsp3) is 0.0217. The van der Waals surface area contributed by atoms with E-state index in [1.165, 1.54) is 44.5 Å². The van der Waals surface area contributed by atoms with Gasteiger partial charge in [0.05, 0.1) is 33.2 Å². The summed E-state index contributed by atoms with van der Waals surface area (Å²) in [6.45, 7) is 0. The highest BCUT2D eigenvalue weighted by Gasteiger charge is 2.49. The second-order valence-electron chi connectivity index (χ2n) is 13.1. The van der Waals surface area contributed by atoms with Gasteiger partial charge < -0.3 is 0 Å². The molecule has 1 aliphatic heterocycles. The second kappa shape index (κ2) is 10.2. The molecule has 0 N–H and O–H groups in total. The van der Waals surface area contributed by atoms with Gasteiger partial charge in [0.2, 0.25) is 0 Å². The number of aromatic nitrogens is 4. The Morgan fingerprint density at radius 3 is 1.70 bits per heavy atom. The maximum absolute atomic E-state index is 5.48. The first-order valence-electron chi connectivity index (χ1n) is 17.1. The summed E-state index contributed by atoms with van der Waals surface area (Å²) in [6, 6.07) is 60.6. The molecule has 9 aromatic rings. The van der Waals surface area contributed by atoms with Crippen LogP contribution < -0.4 is 0 Å². The molecule has 2 aromatic heterocycles. The zero-order valence-corrected chi connectivity index (χ0v) is 27.0. The Hall–Kier alpha value is -6.65. The van der Waals surface area contributed by atoms with E-state index in [2.05, 4.69) is 144 Å². The van der Waals surface area contributed by atoms with Crippen molar-refractivity contribution in [3.63, 3.8) is 0 Å². The van der Waals surface area contributed by atoms with Crippen molar-refractivity contribution in [2.45, 2.75) is 5.41 Å². The van der Waals surface area contributed by atoms with E-state index < -0.39 is 5.41 Å². The van der Waals surface area contributed by atoms with Gasteiger partial charge in [0.1, 0.15) is 11.4 Å². The van der Waals surface area contributed by atoms with Crippen molar-refractivity contribution in [2.24, 2.45) is 0 Å². The van der Waals surface area contributed by atoms with Gasteiger partial charge in [-0.1, -0.05) is 146 Å². The summed E-state index contributed by atoms with van der Waals surface area (Å²) in [7, 11) is 0. The van der Waals surface area contributed by atoms with Crippen LogP contribution in [0.5, 0.6) is 0 Å². The molecule has 4 nitrogen and oxygen atoms in total. The third-order valence-electron chi connectivity index (χ3n) is 10.6. The van der Waals surface area contributed by atoms with Gasteiger partial charge in [-0.3, -0.25) is 4.57 Å². The van der Waals surface area contributed by atoms with Gasteiger partial charge in [-0.25, -0.2) is 15.0 Å². The number of fused-ring (bicyclic) bond motifs is 4. The van der Waals surface area contributed by atoms with E-state index in [4.69, 9.17) is 15.0 Å². The van der Waals surface area contributed by atoms with Gasteiger partial charge in [-0.2, -0.15) is 0 Å². The Labute approximate surface area is 289 Å². The molecule has 11 rings (SSSR count). The fourth-order valence-corrected chi connectivity index (χ4v) is 8.64. The van der Waals surface area contributed by atoms with Crippen LogP contribution in [0.1, 0.15) is 22.3 Å². The van der Waals surface area contributed by atoms with E-state index in [-0.39, 0.29) is 0 Å². The zero-order chi connectivity index (χ0) is 32.8. The predicted octanol–water partition coefficient (Wildman–Crippen LogP) is 10.6. The van der Waals surface area contributed by atoms with Gasteiger partial charge in [-0.15, -0.1) is 0 Å². The van der Waals surface area contributed by atoms with Crippen molar-refractivity contribution in [1.29, 1.82) is 0 Å². The number of hydrogen-bond donors (Lipinski definition) is 0. The minimum Gasteiger partial charge on any atom is -0.290 e. The number of hydrogen-bond acceptors (Lipinski definition) is 3. The molecular weight excluding hydrogens is 609 g/mol. The van der Waals surface area contributed by atoms with Crippen molar-refractivity contribution in [1.82, 2.24) is 19.5 Å². The highest BCUT2D eigenvalue weighted by molar-refractivity contribution is 6.10. The fourth-order valence-electron chi connectivity index (χ4n) is 8.64. The number of para-hydroxylation sites is 3. The predicted molar refractivity (Wildman–Crippen MR) is 201 cm³/mol. The number of rotatable bonds is 4. The van der Waals surface area contributed by atoms with Crippen LogP contribution in [0.15, 0.2) is 170 Å². The summed E-state index contributed by atoms with van der Waals surface area (Å²) in [5, 5.41) is 0. The summed E-state index contributed by atoms with van der Waals surface area (Å²) in [4.78, 5) is 16.1. The van der Waals surface area contributed by atoms with Crippen LogP contribution in [0.3, 0.4) is 0 Å². The van der Waals surface area contributed by atoms with Crippen LogP contribution in [-0.4, -0.2) is 19.5 Å². The van der Waals surface area contributed by atoms with Crippen molar-refractivity contribution in [3.8, 4) is 50.7 Å². The third kappa shape index (κ3) is 3.52. The molecule has 0 saturated heterocycles. The monoisotopic (exact) mass is 636 g/mol. The molecule has 0 saturated carbocycles. The molecule has 3 heterocycles. The SMILES string of the molecule is c1ccc(-c2nc3ccccc3nc2-c2nc3ccc4c5c3n2-c2ccccc2-c2cccc(c2-5)C4(c2ccccc2)c2ccccc2)cc1. The lowest BCUT2D eigenvalue weighted by atomic mass is 9.67. The lowest BCUT2D eigenvalue weighted by Crippen LogP contribution is -2.28. The van der Waals surface area contributed by atoms with Crippen LogP contribution in [0.25, 0.3) is 72.8 Å². The molecule has 232 valence electrons. The summed E-state index contributed by atoms with van der Waals surface area (Å²) in [5.41, 5.74) is 16.8. The van der Waals surface area contributed by atoms with Crippen molar-refractivity contribution in [3.05, 3.63) is 192 Å². The van der Waals surface area contributed by atoms with Gasteiger partial charge in [-0.05, 0) is 57.6 Å². The molecule has 0 amide bonds. The summed E-state index contributed by atoms with van der Waals surface area (Å²) >= 11 is 0. The van der Waals surface area contributed by atoms with E-state index in [9.17, 15) is 0 Å². The average molecular weight is 637 g/mol. The number of imidazole rings is 1. The van der Waals surface area contributed by atoms with Crippen molar-refractivity contribution in [2.75, 3.05) is 0 Å². The summed E-state index contributed by atoms with van der Waals surface area (Å²) in [6.07, 6.45) is 0. The maximum Gasteiger partial charge on any atom is 0.166 e. The molecule has 4 heteroatoms. The molecule has 0 unspecified atom stereocenters. The smallest absolute Gasteiger partial charge is 0.166 e. The van der Waals surface area contributed by atoms with Crippen molar-refractivity contribution >= 4 is 22.1 Å². The summed E-state index contributed by atoms with van der Waals surface area (Å²) < 4.78 is 2.37. The minimum atomic E-state index is -0.517. The molecule has 2 aliphatic rings. The highest BCUT2D eigenvalue weighted by Crippen LogP contribution is 2.61. The first-order chi connectivity index (χ1) is 24.8. The van der Waals surface area contributed by atoms with Crippen LogP contribution in [0.2, 0.25) is 0 Å². The number of benzene rings is 7. The maximum atomic E-state index is 5.48. The van der Waals surface area contributed by atoms with E-state index in [1.54, 1.807) is 0 Å². The molecule has 0 spiro atoms. The van der Waals surface area contributed by atoms with Crippen molar-refractivity contribution < 1.29 is 0 Å². The Balaban J connectivity index is 1.34. The molecule has 0 atom stereocenters. The normalized spacial score (nSPS) is 13.4. The number of nitrogens with zero attached hydrogens (tertiary/aromatic N) is 4. The third-order valence-corrected chi connectivity index (χ3v) is 10.6. The van der Waals surface area contributed by atoms with E-state index in [0.717, 1.165) is 50.5 Å². The average Bonchev–Trinajstić information content (AvgIpc) is 3.68.